The van der Waals surface area contributed by atoms with E-state index in [1.807, 2.05) is 30.3 Å². The zero-order chi connectivity index (χ0) is 17.6. The molecule has 3 saturated heterocycles. The third-order valence-electron chi connectivity index (χ3n) is 5.60. The van der Waals surface area contributed by atoms with Crippen molar-refractivity contribution in [2.75, 3.05) is 13.7 Å². The zero-order valence-corrected chi connectivity index (χ0v) is 16.6. The average molecular weight is 426 g/mol. The molecule has 2 bridgehead atoms. The minimum atomic E-state index is -0.590. The molecule has 3 heterocycles. The lowest BCUT2D eigenvalue weighted by Crippen LogP contribution is -2.48. The molecule has 0 aromatic heterocycles. The molecule has 26 heavy (non-hydrogen) atoms. The van der Waals surface area contributed by atoms with Crippen molar-refractivity contribution in [2.45, 2.75) is 56.1 Å². The number of halogens is 1. The van der Waals surface area contributed by atoms with Crippen molar-refractivity contribution >= 4 is 28.9 Å². The number of esters is 2. The zero-order valence-electron chi connectivity index (χ0n) is 14.9. The Bertz CT molecular complexity index is 651. The highest BCUT2D eigenvalue weighted by Crippen LogP contribution is 2.48. The van der Waals surface area contributed by atoms with Crippen molar-refractivity contribution in [3.8, 4) is 0 Å². The van der Waals surface area contributed by atoms with Crippen molar-refractivity contribution in [3.63, 3.8) is 0 Å². The quantitative estimate of drug-likeness (QED) is 0.531. The number of hydrogen-bond donors (Lipinski definition) is 0. The van der Waals surface area contributed by atoms with Crippen LogP contribution in [0.15, 0.2) is 30.3 Å². The molecule has 0 saturated carbocycles. The van der Waals surface area contributed by atoms with E-state index in [9.17, 15) is 9.59 Å². The summed E-state index contributed by atoms with van der Waals surface area (Å²) in [5, 5.41) is 0. The first kappa shape index (κ1) is 19.3. The Balaban J connectivity index is 0.00000196. The first-order valence-electron chi connectivity index (χ1n) is 8.81. The fourth-order valence-corrected chi connectivity index (χ4v) is 4.23. The summed E-state index contributed by atoms with van der Waals surface area (Å²) in [5.41, 5.74) is 0.802. The van der Waals surface area contributed by atoms with E-state index in [0.717, 1.165) is 18.4 Å². The summed E-state index contributed by atoms with van der Waals surface area (Å²) in [5.74, 6) is -1.31. The van der Waals surface area contributed by atoms with E-state index < -0.39 is 11.9 Å². The van der Waals surface area contributed by atoms with Gasteiger partial charge in [0.25, 0.3) is 0 Å². The van der Waals surface area contributed by atoms with Gasteiger partial charge in [-0.2, -0.15) is 0 Å². The molecule has 4 unspecified atom stereocenters. The van der Waals surface area contributed by atoms with Crippen LogP contribution < -0.4 is 0 Å². The van der Waals surface area contributed by atoms with Crippen LogP contribution in [0, 0.1) is 0 Å². The van der Waals surface area contributed by atoms with Crippen LogP contribution in [0.5, 0.6) is 0 Å². The molecule has 1 aromatic carbocycles. The monoisotopic (exact) mass is 425 g/mol. The summed E-state index contributed by atoms with van der Waals surface area (Å²) in [7, 11) is 2.12. The summed E-state index contributed by atoms with van der Waals surface area (Å²) >= 11 is 0. The number of epoxide rings is 1. The topological polar surface area (TPSA) is 68.4 Å². The number of fused-ring (bicyclic) bond motifs is 5. The van der Waals surface area contributed by atoms with Gasteiger partial charge in [-0.1, -0.05) is 30.3 Å². The second-order valence-electron chi connectivity index (χ2n) is 7.16. The Morgan fingerprint density at radius 1 is 1.19 bits per heavy atom. The highest BCUT2D eigenvalue weighted by Gasteiger charge is 2.62. The van der Waals surface area contributed by atoms with E-state index in [0.29, 0.717) is 24.3 Å². The Morgan fingerprint density at radius 2 is 1.81 bits per heavy atom. The molecular formula is C19H24BrNO5. The molecule has 0 N–H and O–H groups in total. The van der Waals surface area contributed by atoms with E-state index in [1.54, 1.807) is 0 Å². The first-order valence-corrected chi connectivity index (χ1v) is 8.81. The SMILES string of the molecule is Br.CC(=O)OC[C@@H](C(=O)OC1CC2C3OC3C(C1)N2C)c1ccccc1. The van der Waals surface area contributed by atoms with Crippen LogP contribution in [0.1, 0.15) is 31.2 Å². The highest BCUT2D eigenvalue weighted by molar-refractivity contribution is 8.93. The molecule has 6 nitrogen and oxygen atoms in total. The minimum absolute atomic E-state index is 0. The molecule has 3 aliphatic heterocycles. The third-order valence-corrected chi connectivity index (χ3v) is 5.60. The van der Waals surface area contributed by atoms with E-state index >= 15 is 0 Å². The maximum absolute atomic E-state index is 12.8. The molecule has 0 amide bonds. The van der Waals surface area contributed by atoms with Crippen LogP contribution in [-0.4, -0.2) is 60.9 Å². The van der Waals surface area contributed by atoms with Gasteiger partial charge in [0.1, 0.15) is 30.8 Å². The summed E-state index contributed by atoms with van der Waals surface area (Å²) in [4.78, 5) is 26.3. The van der Waals surface area contributed by atoms with Crippen molar-refractivity contribution in [2.24, 2.45) is 0 Å². The third kappa shape index (κ3) is 3.66. The van der Waals surface area contributed by atoms with Gasteiger partial charge in [-0.15, -0.1) is 17.0 Å². The summed E-state index contributed by atoms with van der Waals surface area (Å²) in [6.45, 7) is 1.35. The van der Waals surface area contributed by atoms with Crippen molar-refractivity contribution in [1.82, 2.24) is 4.90 Å². The van der Waals surface area contributed by atoms with Gasteiger partial charge in [0.2, 0.25) is 0 Å². The molecule has 1 aromatic rings. The molecule has 0 spiro atoms. The van der Waals surface area contributed by atoms with Gasteiger partial charge < -0.3 is 14.2 Å². The van der Waals surface area contributed by atoms with Crippen LogP contribution in [0.25, 0.3) is 0 Å². The number of likely N-dealkylation sites (N-methyl/N-ethyl adjacent to an activating group) is 1. The fraction of sp³-hybridized carbons (Fsp3) is 0.579. The van der Waals surface area contributed by atoms with Crippen molar-refractivity contribution in [3.05, 3.63) is 35.9 Å². The Labute approximate surface area is 163 Å². The number of ether oxygens (including phenoxy) is 3. The van der Waals surface area contributed by atoms with Crippen molar-refractivity contribution in [1.29, 1.82) is 0 Å². The lowest BCUT2D eigenvalue weighted by Gasteiger charge is -2.38. The number of morpholine rings is 1. The predicted molar refractivity (Wildman–Crippen MR) is 99.3 cm³/mol. The van der Waals surface area contributed by atoms with Crippen LogP contribution in [0.3, 0.4) is 0 Å². The predicted octanol–water partition coefficient (Wildman–Crippen LogP) is 2.07. The standard InChI is InChI=1S/C19H23NO5.BrH/c1-11(21)23-10-14(12-6-4-3-5-7-12)19(22)24-13-8-15-17-18(25-17)16(9-13)20(15)2;/h3-7,13-18H,8-10H2,1-2H3;1H/t13?,14-,15?,16?,17?,18?;/m1./s1. The lowest BCUT2D eigenvalue weighted by molar-refractivity contribution is -0.158. The number of benzene rings is 1. The molecule has 3 fully saturated rings. The minimum Gasteiger partial charge on any atom is -0.465 e. The van der Waals surface area contributed by atoms with Gasteiger partial charge in [-0.3, -0.25) is 14.5 Å². The maximum atomic E-state index is 12.8. The van der Waals surface area contributed by atoms with Gasteiger partial charge in [-0.05, 0) is 12.6 Å². The molecule has 7 heteroatoms. The second kappa shape index (κ2) is 7.66. The van der Waals surface area contributed by atoms with E-state index in [-0.39, 0.29) is 35.7 Å². The molecular weight excluding hydrogens is 402 g/mol. The number of hydrogen-bond acceptors (Lipinski definition) is 6. The van der Waals surface area contributed by atoms with E-state index in [4.69, 9.17) is 14.2 Å². The Hall–Kier alpha value is -1.44. The smallest absolute Gasteiger partial charge is 0.317 e. The van der Waals surface area contributed by atoms with Crippen LogP contribution >= 0.6 is 17.0 Å². The Morgan fingerprint density at radius 3 is 2.38 bits per heavy atom. The molecule has 142 valence electrons. The van der Waals surface area contributed by atoms with Crippen molar-refractivity contribution < 1.29 is 23.8 Å². The average Bonchev–Trinajstić information content (AvgIpc) is 3.34. The molecule has 3 aliphatic rings. The second-order valence-corrected chi connectivity index (χ2v) is 7.16. The van der Waals surface area contributed by atoms with Gasteiger partial charge in [0, 0.05) is 31.8 Å². The first-order chi connectivity index (χ1) is 12.0. The maximum Gasteiger partial charge on any atom is 0.317 e. The molecule has 5 atom stereocenters. The van der Waals surface area contributed by atoms with Crippen LogP contribution in [-0.2, 0) is 23.8 Å². The number of carbonyl (C=O) groups excluding carboxylic acids is 2. The summed E-state index contributed by atoms with van der Waals surface area (Å²) < 4.78 is 16.6. The number of piperidine rings is 1. The van der Waals surface area contributed by atoms with Crippen LogP contribution in [0.4, 0.5) is 0 Å². The van der Waals surface area contributed by atoms with Crippen LogP contribution in [0.2, 0.25) is 0 Å². The lowest BCUT2D eigenvalue weighted by atomic mass is 9.97. The van der Waals surface area contributed by atoms with Gasteiger partial charge >= 0.3 is 11.9 Å². The molecule has 0 aliphatic carbocycles. The highest BCUT2D eigenvalue weighted by atomic mass is 79.9. The fourth-order valence-electron chi connectivity index (χ4n) is 4.23. The van der Waals surface area contributed by atoms with Gasteiger partial charge in [-0.25, -0.2) is 0 Å². The molecule has 4 rings (SSSR count). The van der Waals surface area contributed by atoms with E-state index in [2.05, 4.69) is 11.9 Å². The summed E-state index contributed by atoms with van der Waals surface area (Å²) in [6.07, 6.45) is 2.12. The number of rotatable bonds is 5. The molecule has 0 radical (unpaired) electrons. The normalized spacial score (nSPS) is 32.8. The van der Waals surface area contributed by atoms with Gasteiger partial charge in [0.15, 0.2) is 0 Å². The number of nitrogens with zero attached hydrogens (tertiary/aromatic N) is 1. The summed E-state index contributed by atoms with van der Waals surface area (Å²) in [6, 6.07) is 10.0. The largest absolute Gasteiger partial charge is 0.465 e. The Kier molecular flexibility index (Phi) is 5.69. The number of carbonyl (C=O) groups is 2. The van der Waals surface area contributed by atoms with Gasteiger partial charge in [0.05, 0.1) is 0 Å². The van der Waals surface area contributed by atoms with E-state index in [1.165, 1.54) is 6.92 Å².